The molecule has 2 aromatic rings. The quantitative estimate of drug-likeness (QED) is 0.886. The molecule has 0 atom stereocenters. The van der Waals surface area contributed by atoms with Crippen molar-refractivity contribution in [3.63, 3.8) is 0 Å². The van der Waals surface area contributed by atoms with Gasteiger partial charge in [-0.2, -0.15) is 8.78 Å². The van der Waals surface area contributed by atoms with Gasteiger partial charge in [0.15, 0.2) is 0 Å². The molecule has 1 N–H and O–H groups in total. The third-order valence-corrected chi connectivity index (χ3v) is 4.12. The molecule has 0 saturated heterocycles. The summed E-state index contributed by atoms with van der Waals surface area (Å²) in [6.07, 6.45) is 0.654. The molecular weight excluding hydrogens is 310 g/mol. The molecule has 2 rings (SSSR count). The normalized spacial score (nSPS) is 10.8. The van der Waals surface area contributed by atoms with Gasteiger partial charge in [0.1, 0.15) is 5.75 Å². The highest BCUT2D eigenvalue weighted by molar-refractivity contribution is 7.11. The zero-order valence-electron chi connectivity index (χ0n) is 12.2. The molecule has 1 heterocycles. The van der Waals surface area contributed by atoms with Gasteiger partial charge in [-0.1, -0.05) is 12.1 Å². The highest BCUT2D eigenvalue weighted by atomic mass is 32.1. The molecule has 7 heteroatoms. The van der Waals surface area contributed by atoms with Crippen LogP contribution in [0.4, 0.5) is 8.78 Å². The lowest BCUT2D eigenvalue weighted by Gasteiger charge is -2.10. The topological polar surface area (TPSA) is 51.2 Å². The number of hydrogen-bond acceptors (Lipinski definition) is 4. The SMILES string of the molecule is Cc1nc(C)c(CCNC(=O)c2ccccc2OC(F)F)s1. The number of ether oxygens (including phenoxy) is 1. The van der Waals surface area contributed by atoms with E-state index in [1.807, 2.05) is 13.8 Å². The van der Waals surface area contributed by atoms with Crippen LogP contribution in [0.3, 0.4) is 0 Å². The summed E-state index contributed by atoms with van der Waals surface area (Å²) >= 11 is 1.59. The Hall–Kier alpha value is -2.02. The first-order valence-electron chi connectivity index (χ1n) is 6.72. The predicted molar refractivity (Wildman–Crippen MR) is 80.7 cm³/mol. The highest BCUT2D eigenvalue weighted by Gasteiger charge is 2.15. The molecule has 1 aromatic heterocycles. The standard InChI is InChI=1S/C15H16F2N2O2S/c1-9-13(22-10(2)19-9)7-8-18-14(20)11-5-3-4-6-12(11)21-15(16)17/h3-6,15H,7-8H2,1-2H3,(H,18,20). The number of halogens is 2. The number of aromatic nitrogens is 1. The first-order valence-corrected chi connectivity index (χ1v) is 7.54. The number of nitrogens with one attached hydrogen (secondary N) is 1. The molecule has 1 amide bonds. The number of carbonyl (C=O) groups excluding carboxylic acids is 1. The van der Waals surface area contributed by atoms with Crippen molar-refractivity contribution in [2.75, 3.05) is 6.54 Å². The van der Waals surface area contributed by atoms with E-state index in [-0.39, 0.29) is 11.3 Å². The van der Waals surface area contributed by atoms with Gasteiger partial charge >= 0.3 is 6.61 Å². The van der Waals surface area contributed by atoms with Crippen molar-refractivity contribution in [1.29, 1.82) is 0 Å². The van der Waals surface area contributed by atoms with Crippen LogP contribution in [0.5, 0.6) is 5.75 Å². The predicted octanol–water partition coefficient (Wildman–Crippen LogP) is 3.33. The van der Waals surface area contributed by atoms with Crippen LogP contribution in [0.2, 0.25) is 0 Å². The molecule has 0 spiro atoms. The van der Waals surface area contributed by atoms with E-state index >= 15 is 0 Å². The number of alkyl halides is 2. The summed E-state index contributed by atoms with van der Waals surface area (Å²) in [6, 6.07) is 5.94. The molecule has 118 valence electrons. The fourth-order valence-corrected chi connectivity index (χ4v) is 2.98. The first kappa shape index (κ1) is 16.4. The number of hydrogen-bond donors (Lipinski definition) is 1. The molecule has 4 nitrogen and oxygen atoms in total. The Labute approximate surface area is 131 Å². The number of para-hydroxylation sites is 1. The summed E-state index contributed by atoms with van der Waals surface area (Å²) in [5.41, 5.74) is 1.05. The monoisotopic (exact) mass is 326 g/mol. The molecule has 1 aromatic carbocycles. The number of thiazole rings is 1. The largest absolute Gasteiger partial charge is 0.434 e. The van der Waals surface area contributed by atoms with E-state index in [0.717, 1.165) is 15.6 Å². The van der Waals surface area contributed by atoms with E-state index in [2.05, 4.69) is 15.0 Å². The van der Waals surface area contributed by atoms with Crippen LogP contribution in [-0.4, -0.2) is 24.0 Å². The molecule has 0 aliphatic carbocycles. The number of aryl methyl sites for hydroxylation is 2. The molecule has 22 heavy (non-hydrogen) atoms. The van der Waals surface area contributed by atoms with Gasteiger partial charge in [-0.15, -0.1) is 11.3 Å². The molecule has 0 bridgehead atoms. The van der Waals surface area contributed by atoms with Gasteiger partial charge in [0.2, 0.25) is 0 Å². The van der Waals surface area contributed by atoms with E-state index < -0.39 is 12.5 Å². The second-order valence-corrected chi connectivity index (χ2v) is 5.91. The lowest BCUT2D eigenvalue weighted by Crippen LogP contribution is -2.26. The Kier molecular flexibility index (Phi) is 5.43. The van der Waals surface area contributed by atoms with Crippen LogP contribution in [0.25, 0.3) is 0 Å². The minimum absolute atomic E-state index is 0.0972. The third-order valence-electron chi connectivity index (χ3n) is 2.98. The first-order chi connectivity index (χ1) is 10.5. The smallest absolute Gasteiger partial charge is 0.387 e. The molecule has 0 aliphatic heterocycles. The fraction of sp³-hybridized carbons (Fsp3) is 0.333. The second-order valence-electron chi connectivity index (χ2n) is 4.62. The zero-order valence-corrected chi connectivity index (χ0v) is 13.0. The minimum atomic E-state index is -2.96. The van der Waals surface area contributed by atoms with E-state index in [9.17, 15) is 13.6 Å². The Morgan fingerprint density at radius 1 is 1.36 bits per heavy atom. The van der Waals surface area contributed by atoms with E-state index in [1.165, 1.54) is 18.2 Å². The van der Waals surface area contributed by atoms with Crippen LogP contribution >= 0.6 is 11.3 Å². The lowest BCUT2D eigenvalue weighted by molar-refractivity contribution is -0.0501. The third kappa shape index (κ3) is 4.24. The van der Waals surface area contributed by atoms with Crippen molar-refractivity contribution in [3.8, 4) is 5.75 Å². The Bertz CT molecular complexity index is 659. The van der Waals surface area contributed by atoms with Crippen LogP contribution < -0.4 is 10.1 Å². The van der Waals surface area contributed by atoms with Crippen molar-refractivity contribution in [1.82, 2.24) is 10.3 Å². The van der Waals surface area contributed by atoms with Crippen molar-refractivity contribution in [3.05, 3.63) is 45.4 Å². The minimum Gasteiger partial charge on any atom is -0.434 e. The van der Waals surface area contributed by atoms with Gasteiger partial charge in [-0.3, -0.25) is 4.79 Å². The summed E-state index contributed by atoms with van der Waals surface area (Å²) in [5.74, 6) is -0.560. The summed E-state index contributed by atoms with van der Waals surface area (Å²) < 4.78 is 29.0. The van der Waals surface area contributed by atoms with Crippen LogP contribution in [-0.2, 0) is 6.42 Å². The fourth-order valence-electron chi connectivity index (χ4n) is 2.04. The number of carbonyl (C=O) groups is 1. The van der Waals surface area contributed by atoms with E-state index in [4.69, 9.17) is 0 Å². The van der Waals surface area contributed by atoms with Crippen molar-refractivity contribution >= 4 is 17.2 Å². The van der Waals surface area contributed by atoms with Gasteiger partial charge < -0.3 is 10.1 Å². The number of rotatable bonds is 6. The van der Waals surface area contributed by atoms with Crippen LogP contribution in [0, 0.1) is 13.8 Å². The maximum atomic E-state index is 12.3. The Morgan fingerprint density at radius 2 is 2.09 bits per heavy atom. The van der Waals surface area contributed by atoms with E-state index in [1.54, 1.807) is 17.4 Å². The molecular formula is C15H16F2N2O2S. The van der Waals surface area contributed by atoms with Crippen molar-refractivity contribution in [2.45, 2.75) is 26.9 Å². The summed E-state index contributed by atoms with van der Waals surface area (Å²) in [7, 11) is 0. The van der Waals surface area contributed by atoms with Crippen LogP contribution in [0.15, 0.2) is 24.3 Å². The van der Waals surface area contributed by atoms with Gasteiger partial charge in [-0.25, -0.2) is 4.98 Å². The van der Waals surface area contributed by atoms with Gasteiger partial charge in [0, 0.05) is 17.8 Å². The molecule has 0 radical (unpaired) electrons. The lowest BCUT2D eigenvalue weighted by atomic mass is 10.2. The average Bonchev–Trinajstić information content (AvgIpc) is 2.77. The molecule has 0 aliphatic rings. The maximum absolute atomic E-state index is 12.3. The van der Waals surface area contributed by atoms with Crippen molar-refractivity contribution in [2.24, 2.45) is 0 Å². The second kappa shape index (κ2) is 7.31. The number of amides is 1. The van der Waals surface area contributed by atoms with Gasteiger partial charge in [0.25, 0.3) is 5.91 Å². The zero-order chi connectivity index (χ0) is 16.1. The summed E-state index contributed by atoms with van der Waals surface area (Å²) in [4.78, 5) is 17.5. The average molecular weight is 326 g/mol. The van der Waals surface area contributed by atoms with E-state index in [0.29, 0.717) is 13.0 Å². The Balaban J connectivity index is 1.96. The van der Waals surface area contributed by atoms with Crippen LogP contribution in [0.1, 0.15) is 25.9 Å². The molecule has 0 fully saturated rings. The summed E-state index contributed by atoms with van der Waals surface area (Å²) in [5, 5.41) is 3.69. The maximum Gasteiger partial charge on any atom is 0.387 e. The Morgan fingerprint density at radius 3 is 2.73 bits per heavy atom. The van der Waals surface area contributed by atoms with Gasteiger partial charge in [0.05, 0.1) is 16.3 Å². The van der Waals surface area contributed by atoms with Crippen molar-refractivity contribution < 1.29 is 18.3 Å². The summed E-state index contributed by atoms with van der Waals surface area (Å²) in [6.45, 7) is 1.30. The van der Waals surface area contributed by atoms with Gasteiger partial charge in [-0.05, 0) is 26.0 Å². The molecule has 0 saturated carbocycles. The number of benzene rings is 1. The highest BCUT2D eigenvalue weighted by Crippen LogP contribution is 2.20. The number of nitrogens with zero attached hydrogens (tertiary/aromatic N) is 1. The molecule has 0 unspecified atom stereocenters.